The number of nitrogens with zero attached hydrogens (tertiary/aromatic N) is 2. The minimum atomic E-state index is -0.665. The summed E-state index contributed by atoms with van der Waals surface area (Å²) < 4.78 is 5.91. The molecule has 1 aromatic rings. The fourth-order valence-electron chi connectivity index (χ4n) is 3.80. The third-order valence-electron chi connectivity index (χ3n) is 5.39. The lowest BCUT2D eigenvalue weighted by Crippen LogP contribution is -2.46. The molecule has 1 saturated heterocycles. The molecule has 0 spiro atoms. The maximum Gasteiger partial charge on any atom is 0.137 e. The lowest BCUT2D eigenvalue weighted by molar-refractivity contribution is 0.0438. The normalized spacial score (nSPS) is 32.1. The highest BCUT2D eigenvalue weighted by molar-refractivity contribution is 5.15. The first-order valence-corrected chi connectivity index (χ1v) is 8.87. The smallest absolute Gasteiger partial charge is 0.137 e. The van der Waals surface area contributed by atoms with Gasteiger partial charge in [-0.05, 0) is 58.0 Å². The standard InChI is InChI=1S/C18H29N3O3/c1-21-7-4-14(5-8-21)20-12-18(9-16(22)17(23)10-18)13-24-15-3-2-6-19-11-15/h2-3,6,11,14,16-17,20,22-23H,4-5,7-10,12-13H2,1H3/t16-,17+,18?. The fraction of sp³-hybridized carbons (Fsp3) is 0.722. The van der Waals surface area contributed by atoms with Crippen molar-refractivity contribution in [3.8, 4) is 5.75 Å². The Bertz CT molecular complexity index is 495. The van der Waals surface area contributed by atoms with Crippen LogP contribution in [0.1, 0.15) is 25.7 Å². The summed E-state index contributed by atoms with van der Waals surface area (Å²) in [6.07, 6.45) is 5.49. The Balaban J connectivity index is 1.58. The quantitative estimate of drug-likeness (QED) is 0.708. The molecule has 2 heterocycles. The monoisotopic (exact) mass is 335 g/mol. The van der Waals surface area contributed by atoms with E-state index in [1.54, 1.807) is 12.4 Å². The molecule has 1 aliphatic carbocycles. The number of hydrogen-bond donors (Lipinski definition) is 3. The molecule has 0 aromatic carbocycles. The third-order valence-corrected chi connectivity index (χ3v) is 5.39. The van der Waals surface area contributed by atoms with E-state index in [2.05, 4.69) is 22.2 Å². The van der Waals surface area contributed by atoms with Crippen LogP contribution >= 0.6 is 0 Å². The second-order valence-electron chi connectivity index (χ2n) is 7.48. The maximum atomic E-state index is 10.0. The third kappa shape index (κ3) is 4.45. The number of hydrogen-bond acceptors (Lipinski definition) is 6. The van der Waals surface area contributed by atoms with Gasteiger partial charge in [-0.1, -0.05) is 0 Å². The number of piperidine rings is 1. The van der Waals surface area contributed by atoms with Crippen LogP contribution in [-0.2, 0) is 0 Å². The first-order chi connectivity index (χ1) is 11.6. The van der Waals surface area contributed by atoms with Crippen LogP contribution in [0.2, 0.25) is 0 Å². The zero-order chi connectivity index (χ0) is 17.0. The molecule has 1 aliphatic heterocycles. The number of rotatable bonds is 6. The zero-order valence-electron chi connectivity index (χ0n) is 14.4. The number of pyridine rings is 1. The largest absolute Gasteiger partial charge is 0.491 e. The average molecular weight is 335 g/mol. The van der Waals surface area contributed by atoms with Gasteiger partial charge in [-0.15, -0.1) is 0 Å². The highest BCUT2D eigenvalue weighted by Crippen LogP contribution is 2.39. The zero-order valence-corrected chi connectivity index (χ0v) is 14.4. The Morgan fingerprint density at radius 3 is 2.62 bits per heavy atom. The summed E-state index contributed by atoms with van der Waals surface area (Å²) >= 11 is 0. The highest BCUT2D eigenvalue weighted by Gasteiger charge is 2.45. The van der Waals surface area contributed by atoms with Gasteiger partial charge >= 0.3 is 0 Å². The Morgan fingerprint density at radius 2 is 2.00 bits per heavy atom. The summed E-state index contributed by atoms with van der Waals surface area (Å²) in [5.41, 5.74) is -0.238. The first-order valence-electron chi connectivity index (χ1n) is 8.87. The van der Waals surface area contributed by atoms with Crippen molar-refractivity contribution in [3.63, 3.8) is 0 Å². The van der Waals surface area contributed by atoms with Crippen molar-refractivity contribution < 1.29 is 14.9 Å². The molecule has 3 rings (SSSR count). The van der Waals surface area contributed by atoms with Crippen LogP contribution in [0.3, 0.4) is 0 Å². The minimum Gasteiger partial charge on any atom is -0.491 e. The molecule has 6 heteroatoms. The van der Waals surface area contributed by atoms with Crippen molar-refractivity contribution in [2.75, 3.05) is 33.3 Å². The van der Waals surface area contributed by atoms with Gasteiger partial charge in [0.15, 0.2) is 0 Å². The topological polar surface area (TPSA) is 77.9 Å². The van der Waals surface area contributed by atoms with E-state index in [0.717, 1.165) is 38.2 Å². The van der Waals surface area contributed by atoms with Crippen LogP contribution in [0.4, 0.5) is 0 Å². The second-order valence-corrected chi connectivity index (χ2v) is 7.48. The Labute approximate surface area is 143 Å². The number of aliphatic hydroxyl groups excluding tert-OH is 2. The van der Waals surface area contributed by atoms with Gasteiger partial charge in [0.2, 0.25) is 0 Å². The Morgan fingerprint density at radius 1 is 1.29 bits per heavy atom. The van der Waals surface area contributed by atoms with Gasteiger partial charge in [-0.2, -0.15) is 0 Å². The molecule has 2 fully saturated rings. The van der Waals surface area contributed by atoms with Crippen molar-refractivity contribution in [3.05, 3.63) is 24.5 Å². The number of nitrogens with one attached hydrogen (secondary N) is 1. The van der Waals surface area contributed by atoms with Crippen LogP contribution in [0.15, 0.2) is 24.5 Å². The lowest BCUT2D eigenvalue weighted by atomic mass is 9.86. The predicted octanol–water partition coefficient (Wildman–Crippen LogP) is 0.646. The van der Waals surface area contributed by atoms with Crippen molar-refractivity contribution in [1.82, 2.24) is 15.2 Å². The summed E-state index contributed by atoms with van der Waals surface area (Å²) in [6, 6.07) is 4.23. The van der Waals surface area contributed by atoms with Crippen molar-refractivity contribution in [2.45, 2.75) is 43.9 Å². The van der Waals surface area contributed by atoms with Gasteiger partial charge < -0.3 is 25.2 Å². The van der Waals surface area contributed by atoms with Crippen LogP contribution < -0.4 is 10.1 Å². The second kappa shape index (κ2) is 7.78. The van der Waals surface area contributed by atoms with Gasteiger partial charge in [-0.3, -0.25) is 4.98 Å². The molecule has 0 bridgehead atoms. The van der Waals surface area contributed by atoms with Crippen molar-refractivity contribution in [1.29, 1.82) is 0 Å². The van der Waals surface area contributed by atoms with Crippen molar-refractivity contribution in [2.24, 2.45) is 5.41 Å². The minimum absolute atomic E-state index is 0.238. The fourth-order valence-corrected chi connectivity index (χ4v) is 3.80. The number of ether oxygens (including phenoxy) is 1. The van der Waals surface area contributed by atoms with E-state index in [1.165, 1.54) is 0 Å². The van der Waals surface area contributed by atoms with Crippen LogP contribution in [0, 0.1) is 5.41 Å². The van der Waals surface area contributed by atoms with Gasteiger partial charge in [0.1, 0.15) is 5.75 Å². The molecule has 1 saturated carbocycles. The number of aliphatic hydroxyl groups is 2. The van der Waals surface area contributed by atoms with Gasteiger partial charge in [-0.25, -0.2) is 0 Å². The van der Waals surface area contributed by atoms with Gasteiger partial charge in [0.05, 0.1) is 25.0 Å². The molecule has 2 aliphatic rings. The highest BCUT2D eigenvalue weighted by atomic mass is 16.5. The van der Waals surface area contributed by atoms with Crippen LogP contribution in [-0.4, -0.2) is 71.6 Å². The number of likely N-dealkylation sites (tertiary alicyclic amines) is 1. The van der Waals surface area contributed by atoms with Gasteiger partial charge in [0, 0.05) is 24.2 Å². The summed E-state index contributed by atoms with van der Waals surface area (Å²) in [5, 5.41) is 23.8. The molecular weight excluding hydrogens is 306 g/mol. The van der Waals surface area contributed by atoms with Crippen LogP contribution in [0.5, 0.6) is 5.75 Å². The lowest BCUT2D eigenvalue weighted by Gasteiger charge is -2.34. The summed E-state index contributed by atoms with van der Waals surface area (Å²) in [5.74, 6) is 0.729. The molecule has 6 nitrogen and oxygen atoms in total. The molecule has 0 amide bonds. The SMILES string of the molecule is CN1CCC(NCC2(COc3cccnc3)C[C@@H](O)[C@@H](O)C2)CC1. The summed E-state index contributed by atoms with van der Waals surface area (Å²) in [6.45, 7) is 3.46. The molecule has 24 heavy (non-hydrogen) atoms. The summed E-state index contributed by atoms with van der Waals surface area (Å²) in [4.78, 5) is 6.41. The molecule has 1 unspecified atom stereocenters. The van der Waals surface area contributed by atoms with E-state index >= 15 is 0 Å². The Kier molecular flexibility index (Phi) is 5.71. The molecule has 0 radical (unpaired) electrons. The molecule has 3 atom stereocenters. The van der Waals surface area contributed by atoms with E-state index in [9.17, 15) is 10.2 Å². The van der Waals surface area contributed by atoms with E-state index in [0.29, 0.717) is 25.5 Å². The number of aromatic nitrogens is 1. The van der Waals surface area contributed by atoms with E-state index in [1.807, 2.05) is 12.1 Å². The van der Waals surface area contributed by atoms with Crippen LogP contribution in [0.25, 0.3) is 0 Å². The van der Waals surface area contributed by atoms with Gasteiger partial charge in [0.25, 0.3) is 0 Å². The van der Waals surface area contributed by atoms with Crippen molar-refractivity contribution >= 4 is 0 Å². The Hall–Kier alpha value is -1.21. The molecule has 3 N–H and O–H groups in total. The predicted molar refractivity (Wildman–Crippen MR) is 91.9 cm³/mol. The average Bonchev–Trinajstić information content (AvgIpc) is 2.88. The molecular formula is C18H29N3O3. The molecule has 1 aromatic heterocycles. The maximum absolute atomic E-state index is 10.0. The van der Waals surface area contributed by atoms with E-state index in [-0.39, 0.29) is 5.41 Å². The molecule has 134 valence electrons. The van der Waals surface area contributed by atoms with E-state index in [4.69, 9.17) is 4.74 Å². The first kappa shape index (κ1) is 17.6. The van der Waals surface area contributed by atoms with E-state index < -0.39 is 12.2 Å². The summed E-state index contributed by atoms with van der Waals surface area (Å²) in [7, 11) is 2.16.